The molecular weight excluding hydrogens is 202 g/mol. The zero-order valence-corrected chi connectivity index (χ0v) is 11.2. The highest BCUT2D eigenvalue weighted by Crippen LogP contribution is 2.28. The van der Waals surface area contributed by atoms with E-state index in [-0.39, 0.29) is 17.9 Å². The van der Waals surface area contributed by atoms with Gasteiger partial charge in [-0.15, -0.1) is 0 Å². The van der Waals surface area contributed by atoms with Gasteiger partial charge in [0.05, 0.1) is 12.0 Å². The van der Waals surface area contributed by atoms with Gasteiger partial charge in [-0.25, -0.2) is 0 Å². The highest BCUT2D eigenvalue weighted by Gasteiger charge is 2.36. The highest BCUT2D eigenvalue weighted by molar-refractivity contribution is 5.80. The fraction of sp³-hybridized carbons (Fsp3) is 0.923. The average Bonchev–Trinajstić information content (AvgIpc) is 2.67. The van der Waals surface area contributed by atoms with Crippen molar-refractivity contribution >= 4 is 5.91 Å². The lowest BCUT2D eigenvalue weighted by Crippen LogP contribution is -2.45. The predicted octanol–water partition coefficient (Wildman–Crippen LogP) is 2.45. The van der Waals surface area contributed by atoms with E-state index in [9.17, 15) is 4.79 Å². The molecule has 1 aliphatic rings. The Kier molecular flexibility index (Phi) is 4.78. The molecule has 0 aromatic rings. The van der Waals surface area contributed by atoms with Gasteiger partial charge in [0.2, 0.25) is 5.91 Å². The molecule has 0 spiro atoms. The molecule has 16 heavy (non-hydrogen) atoms. The summed E-state index contributed by atoms with van der Waals surface area (Å²) in [7, 11) is 1.67. The van der Waals surface area contributed by atoms with Crippen LogP contribution < -0.4 is 0 Å². The van der Waals surface area contributed by atoms with Crippen molar-refractivity contribution in [2.45, 2.75) is 65.1 Å². The number of ether oxygens (including phenoxy) is 1. The zero-order valence-electron chi connectivity index (χ0n) is 11.2. The number of amides is 1. The minimum absolute atomic E-state index is 0.00203. The van der Waals surface area contributed by atoms with Crippen LogP contribution in [0.3, 0.4) is 0 Å². The number of likely N-dealkylation sites (tertiary alicyclic amines) is 1. The van der Waals surface area contributed by atoms with Crippen molar-refractivity contribution in [3.63, 3.8) is 0 Å². The monoisotopic (exact) mass is 227 g/mol. The minimum atomic E-state index is -0.0420. The molecular formula is C13H25NO2. The highest BCUT2D eigenvalue weighted by atomic mass is 16.5. The van der Waals surface area contributed by atoms with Crippen LogP contribution in [0.5, 0.6) is 0 Å². The number of hydrogen-bond donors (Lipinski definition) is 0. The van der Waals surface area contributed by atoms with Gasteiger partial charge in [0.25, 0.3) is 0 Å². The van der Waals surface area contributed by atoms with Crippen molar-refractivity contribution in [2.24, 2.45) is 5.92 Å². The number of hydrogen-bond acceptors (Lipinski definition) is 2. The minimum Gasteiger partial charge on any atom is -0.381 e. The maximum atomic E-state index is 12.4. The van der Waals surface area contributed by atoms with Crippen LogP contribution in [0.1, 0.15) is 47.0 Å². The summed E-state index contributed by atoms with van der Waals surface area (Å²) < 4.78 is 5.25. The van der Waals surface area contributed by atoms with Crippen molar-refractivity contribution in [3.05, 3.63) is 0 Å². The smallest absolute Gasteiger partial charge is 0.228 e. The van der Waals surface area contributed by atoms with Gasteiger partial charge in [-0.3, -0.25) is 4.79 Å². The summed E-state index contributed by atoms with van der Waals surface area (Å²) in [5.74, 6) is 0.214. The van der Waals surface area contributed by atoms with Gasteiger partial charge in [-0.2, -0.15) is 0 Å². The van der Waals surface area contributed by atoms with E-state index in [1.54, 1.807) is 7.11 Å². The molecule has 3 heteroatoms. The van der Waals surface area contributed by atoms with Gasteiger partial charge in [-0.05, 0) is 33.1 Å². The second kappa shape index (κ2) is 5.67. The first-order chi connectivity index (χ1) is 7.52. The summed E-state index contributed by atoms with van der Waals surface area (Å²) in [6.45, 7) is 8.24. The molecule has 1 fully saturated rings. The first-order valence-electron chi connectivity index (χ1n) is 6.37. The molecule has 0 bridgehead atoms. The van der Waals surface area contributed by atoms with Crippen LogP contribution in [-0.4, -0.2) is 36.1 Å². The summed E-state index contributed by atoms with van der Waals surface area (Å²) in [5.41, 5.74) is 0. The molecule has 0 N–H and O–H groups in total. The van der Waals surface area contributed by atoms with Crippen molar-refractivity contribution in [3.8, 4) is 0 Å². The van der Waals surface area contributed by atoms with Crippen LogP contribution in [0.25, 0.3) is 0 Å². The Balaban J connectivity index is 2.71. The van der Waals surface area contributed by atoms with Gasteiger partial charge in [0.15, 0.2) is 0 Å². The largest absolute Gasteiger partial charge is 0.381 e. The lowest BCUT2D eigenvalue weighted by molar-refractivity contribution is -0.141. The topological polar surface area (TPSA) is 29.5 Å². The number of carbonyl (C=O) groups excluding carboxylic acids is 1. The van der Waals surface area contributed by atoms with Gasteiger partial charge in [-0.1, -0.05) is 13.8 Å². The molecule has 1 heterocycles. The molecule has 1 rings (SSSR count). The molecule has 1 saturated heterocycles. The van der Waals surface area contributed by atoms with Crippen LogP contribution in [0.15, 0.2) is 0 Å². The Bertz CT molecular complexity index is 242. The maximum Gasteiger partial charge on any atom is 0.228 e. The average molecular weight is 227 g/mol. The molecule has 0 aromatic heterocycles. The first-order valence-corrected chi connectivity index (χ1v) is 6.37. The second-order valence-corrected chi connectivity index (χ2v) is 4.96. The molecule has 3 nitrogen and oxygen atoms in total. The molecule has 94 valence electrons. The quantitative estimate of drug-likeness (QED) is 0.738. The van der Waals surface area contributed by atoms with Gasteiger partial charge in [0, 0.05) is 19.2 Å². The van der Waals surface area contributed by atoms with Crippen molar-refractivity contribution in [1.29, 1.82) is 0 Å². The Hall–Kier alpha value is -0.570. The van der Waals surface area contributed by atoms with Crippen molar-refractivity contribution in [1.82, 2.24) is 4.90 Å². The summed E-state index contributed by atoms with van der Waals surface area (Å²) in [6.07, 6.45) is 3.35. The molecule has 2 unspecified atom stereocenters. The summed E-state index contributed by atoms with van der Waals surface area (Å²) in [5, 5.41) is 0. The van der Waals surface area contributed by atoms with Gasteiger partial charge < -0.3 is 9.64 Å². The number of nitrogens with zero attached hydrogens (tertiary/aromatic N) is 1. The Morgan fingerprint density at radius 2 is 2.06 bits per heavy atom. The first kappa shape index (κ1) is 13.5. The molecule has 0 saturated carbocycles. The maximum absolute atomic E-state index is 12.4. The normalized spacial score (nSPS) is 29.2. The second-order valence-electron chi connectivity index (χ2n) is 4.96. The molecule has 1 amide bonds. The fourth-order valence-electron chi connectivity index (χ4n) is 2.51. The summed E-state index contributed by atoms with van der Waals surface area (Å²) in [4.78, 5) is 14.5. The van der Waals surface area contributed by atoms with Crippen LogP contribution in [0, 0.1) is 5.92 Å². The predicted molar refractivity (Wildman–Crippen MR) is 65.3 cm³/mol. The lowest BCUT2D eigenvalue weighted by atomic mass is 10.0. The SMILES string of the molecule is CCC1CC[C@@H](C)N1C(=O)[C@@H](C)C(C)OC. The van der Waals surface area contributed by atoms with Crippen LogP contribution >= 0.6 is 0 Å². The van der Waals surface area contributed by atoms with Crippen LogP contribution in [0.4, 0.5) is 0 Å². The summed E-state index contributed by atoms with van der Waals surface area (Å²) in [6, 6.07) is 0.831. The van der Waals surface area contributed by atoms with Crippen LogP contribution in [-0.2, 0) is 9.53 Å². The van der Waals surface area contributed by atoms with E-state index in [2.05, 4.69) is 18.7 Å². The van der Waals surface area contributed by atoms with E-state index in [1.807, 2.05) is 13.8 Å². The van der Waals surface area contributed by atoms with E-state index in [1.165, 1.54) is 0 Å². The Morgan fingerprint density at radius 3 is 2.56 bits per heavy atom. The fourth-order valence-corrected chi connectivity index (χ4v) is 2.51. The van der Waals surface area contributed by atoms with E-state index in [0.29, 0.717) is 12.1 Å². The Morgan fingerprint density at radius 1 is 1.44 bits per heavy atom. The van der Waals surface area contributed by atoms with Crippen molar-refractivity contribution in [2.75, 3.05) is 7.11 Å². The molecule has 0 radical (unpaired) electrons. The van der Waals surface area contributed by atoms with Gasteiger partial charge >= 0.3 is 0 Å². The zero-order chi connectivity index (χ0) is 12.3. The van der Waals surface area contributed by atoms with E-state index in [4.69, 9.17) is 4.74 Å². The van der Waals surface area contributed by atoms with E-state index >= 15 is 0 Å². The third-order valence-electron chi connectivity index (χ3n) is 3.98. The van der Waals surface area contributed by atoms with Gasteiger partial charge in [0.1, 0.15) is 0 Å². The number of carbonyl (C=O) groups is 1. The van der Waals surface area contributed by atoms with Crippen LogP contribution in [0.2, 0.25) is 0 Å². The number of methoxy groups -OCH3 is 1. The molecule has 0 aliphatic carbocycles. The van der Waals surface area contributed by atoms with E-state index in [0.717, 1.165) is 19.3 Å². The third kappa shape index (κ3) is 2.57. The summed E-state index contributed by atoms with van der Waals surface area (Å²) >= 11 is 0. The standard InChI is InChI=1S/C13H25NO2/c1-6-12-8-7-9(2)14(12)13(15)10(3)11(4)16-5/h9-12H,6-8H2,1-5H3/t9-,10+,11?,12?/m1/s1. The Labute approximate surface area is 99.1 Å². The molecule has 1 aliphatic heterocycles. The number of rotatable bonds is 4. The lowest BCUT2D eigenvalue weighted by Gasteiger charge is -2.32. The van der Waals surface area contributed by atoms with Crippen molar-refractivity contribution < 1.29 is 9.53 Å². The van der Waals surface area contributed by atoms with E-state index < -0.39 is 0 Å². The molecule has 0 aromatic carbocycles. The third-order valence-corrected chi connectivity index (χ3v) is 3.98. The molecule has 4 atom stereocenters.